The maximum absolute atomic E-state index is 4.16. The second kappa shape index (κ2) is 7.29. The number of rotatable bonds is 6. The van der Waals surface area contributed by atoms with E-state index in [1.165, 1.54) is 5.69 Å². The van der Waals surface area contributed by atoms with Crippen LogP contribution in [0.15, 0.2) is 47.2 Å². The molecular formula is C16H20BrN3. The van der Waals surface area contributed by atoms with Crippen LogP contribution in [0, 0.1) is 0 Å². The Bertz CT molecular complexity index is 536. The average Bonchev–Trinajstić information content (AvgIpc) is 2.48. The van der Waals surface area contributed by atoms with Gasteiger partial charge < -0.3 is 10.2 Å². The van der Waals surface area contributed by atoms with Crippen LogP contribution in [0.2, 0.25) is 0 Å². The summed E-state index contributed by atoms with van der Waals surface area (Å²) in [7, 11) is 0. The Morgan fingerprint density at radius 3 is 2.40 bits per heavy atom. The van der Waals surface area contributed by atoms with Crippen LogP contribution in [0.1, 0.15) is 19.4 Å². The SMILES string of the molecule is CCN(CC)c1ccc(NCc2cncc(Br)c2)cc1. The Hall–Kier alpha value is -1.55. The van der Waals surface area contributed by atoms with Crippen molar-refractivity contribution in [3.63, 3.8) is 0 Å². The molecule has 0 saturated heterocycles. The van der Waals surface area contributed by atoms with E-state index in [2.05, 4.69) is 75.3 Å². The third-order valence-corrected chi connectivity index (χ3v) is 3.69. The number of hydrogen-bond donors (Lipinski definition) is 1. The van der Waals surface area contributed by atoms with Gasteiger partial charge in [-0.25, -0.2) is 0 Å². The molecule has 1 N–H and O–H groups in total. The minimum absolute atomic E-state index is 0.775. The zero-order valence-corrected chi connectivity index (χ0v) is 13.5. The van der Waals surface area contributed by atoms with Crippen LogP contribution in [-0.2, 0) is 6.54 Å². The Morgan fingerprint density at radius 2 is 1.80 bits per heavy atom. The second-order valence-electron chi connectivity index (χ2n) is 4.58. The van der Waals surface area contributed by atoms with Crippen LogP contribution in [0.5, 0.6) is 0 Å². The molecule has 0 aliphatic carbocycles. The summed E-state index contributed by atoms with van der Waals surface area (Å²) in [5.74, 6) is 0. The zero-order chi connectivity index (χ0) is 14.4. The second-order valence-corrected chi connectivity index (χ2v) is 5.50. The van der Waals surface area contributed by atoms with Crippen LogP contribution in [-0.4, -0.2) is 18.1 Å². The van der Waals surface area contributed by atoms with Crippen molar-refractivity contribution in [1.82, 2.24) is 4.98 Å². The topological polar surface area (TPSA) is 28.2 Å². The summed E-state index contributed by atoms with van der Waals surface area (Å²) in [6.07, 6.45) is 3.67. The van der Waals surface area contributed by atoms with Crippen molar-refractivity contribution in [1.29, 1.82) is 0 Å². The average molecular weight is 334 g/mol. The third-order valence-electron chi connectivity index (χ3n) is 3.25. The van der Waals surface area contributed by atoms with Gasteiger partial charge in [-0.15, -0.1) is 0 Å². The number of halogens is 1. The van der Waals surface area contributed by atoms with Gasteiger partial charge in [0.05, 0.1) is 0 Å². The number of anilines is 2. The van der Waals surface area contributed by atoms with Crippen molar-refractivity contribution in [2.24, 2.45) is 0 Å². The summed E-state index contributed by atoms with van der Waals surface area (Å²) in [5, 5.41) is 3.41. The molecule has 0 aliphatic rings. The maximum Gasteiger partial charge on any atom is 0.0416 e. The Labute approximate surface area is 129 Å². The summed E-state index contributed by atoms with van der Waals surface area (Å²) in [5.41, 5.74) is 3.55. The van der Waals surface area contributed by atoms with Crippen LogP contribution < -0.4 is 10.2 Å². The van der Waals surface area contributed by atoms with Gasteiger partial charge in [0.25, 0.3) is 0 Å². The van der Waals surface area contributed by atoms with Gasteiger partial charge in [-0.1, -0.05) is 0 Å². The molecule has 0 fully saturated rings. The summed E-state index contributed by atoms with van der Waals surface area (Å²) >= 11 is 3.43. The Kier molecular flexibility index (Phi) is 5.41. The van der Waals surface area contributed by atoms with Crippen LogP contribution in [0.3, 0.4) is 0 Å². The maximum atomic E-state index is 4.16. The molecule has 4 heteroatoms. The Morgan fingerprint density at radius 1 is 1.10 bits per heavy atom. The minimum atomic E-state index is 0.775. The number of hydrogen-bond acceptors (Lipinski definition) is 3. The molecule has 0 radical (unpaired) electrons. The normalized spacial score (nSPS) is 10.3. The fourth-order valence-electron chi connectivity index (χ4n) is 2.14. The molecule has 0 amide bonds. The highest BCUT2D eigenvalue weighted by atomic mass is 79.9. The predicted octanol–water partition coefficient (Wildman–Crippen LogP) is 4.30. The molecule has 20 heavy (non-hydrogen) atoms. The molecule has 106 valence electrons. The van der Waals surface area contributed by atoms with E-state index in [9.17, 15) is 0 Å². The van der Waals surface area contributed by atoms with Crippen molar-refractivity contribution in [3.05, 3.63) is 52.8 Å². The third kappa shape index (κ3) is 3.97. The lowest BCUT2D eigenvalue weighted by atomic mass is 10.2. The van der Waals surface area contributed by atoms with Gasteiger partial charge >= 0.3 is 0 Å². The van der Waals surface area contributed by atoms with Gasteiger partial charge in [0.15, 0.2) is 0 Å². The lowest BCUT2D eigenvalue weighted by Gasteiger charge is -2.21. The molecule has 3 nitrogen and oxygen atoms in total. The molecule has 0 unspecified atom stereocenters. The number of aromatic nitrogens is 1. The summed E-state index contributed by atoms with van der Waals surface area (Å²) < 4.78 is 1.01. The molecule has 2 aromatic rings. The molecule has 0 aliphatic heterocycles. The molecule has 1 aromatic carbocycles. The molecule has 1 aromatic heterocycles. The number of nitrogens with one attached hydrogen (secondary N) is 1. The van der Waals surface area contributed by atoms with E-state index in [0.29, 0.717) is 0 Å². The zero-order valence-electron chi connectivity index (χ0n) is 11.9. The van der Waals surface area contributed by atoms with Crippen molar-refractivity contribution in [3.8, 4) is 0 Å². The first-order valence-corrected chi connectivity index (χ1v) is 7.70. The molecule has 1 heterocycles. The summed E-state index contributed by atoms with van der Waals surface area (Å²) in [6, 6.07) is 10.6. The summed E-state index contributed by atoms with van der Waals surface area (Å²) in [6.45, 7) is 7.20. The standard InChI is InChI=1S/C16H20BrN3/c1-3-20(4-2)16-7-5-15(6-8-16)19-11-13-9-14(17)12-18-10-13/h5-10,12,19H,3-4,11H2,1-2H3. The first kappa shape index (κ1) is 14.9. The lowest BCUT2D eigenvalue weighted by Crippen LogP contribution is -2.21. The van der Waals surface area contributed by atoms with Crippen molar-refractivity contribution in [2.75, 3.05) is 23.3 Å². The predicted molar refractivity (Wildman–Crippen MR) is 89.3 cm³/mol. The van der Waals surface area contributed by atoms with Gasteiger partial charge in [-0.3, -0.25) is 4.98 Å². The molecule has 0 atom stereocenters. The largest absolute Gasteiger partial charge is 0.381 e. The fraction of sp³-hybridized carbons (Fsp3) is 0.312. The lowest BCUT2D eigenvalue weighted by molar-refractivity contribution is 0.866. The highest BCUT2D eigenvalue weighted by Crippen LogP contribution is 2.18. The van der Waals surface area contributed by atoms with Crippen LogP contribution in [0.25, 0.3) is 0 Å². The fourth-order valence-corrected chi connectivity index (χ4v) is 2.55. The van der Waals surface area contributed by atoms with E-state index in [4.69, 9.17) is 0 Å². The molecule has 0 saturated carbocycles. The van der Waals surface area contributed by atoms with Crippen LogP contribution >= 0.6 is 15.9 Å². The van der Waals surface area contributed by atoms with E-state index < -0.39 is 0 Å². The highest BCUT2D eigenvalue weighted by Gasteiger charge is 2.01. The minimum Gasteiger partial charge on any atom is -0.381 e. The van der Waals surface area contributed by atoms with E-state index in [1.54, 1.807) is 6.20 Å². The van der Waals surface area contributed by atoms with E-state index in [1.807, 2.05) is 6.20 Å². The smallest absolute Gasteiger partial charge is 0.0416 e. The van der Waals surface area contributed by atoms with E-state index in [-0.39, 0.29) is 0 Å². The van der Waals surface area contributed by atoms with E-state index >= 15 is 0 Å². The molecule has 0 spiro atoms. The van der Waals surface area contributed by atoms with Gasteiger partial charge in [0.2, 0.25) is 0 Å². The van der Waals surface area contributed by atoms with Crippen molar-refractivity contribution >= 4 is 27.3 Å². The number of pyridine rings is 1. The van der Waals surface area contributed by atoms with Gasteiger partial charge in [-0.05, 0) is 65.7 Å². The number of nitrogens with zero attached hydrogens (tertiary/aromatic N) is 2. The van der Waals surface area contributed by atoms with Crippen LogP contribution in [0.4, 0.5) is 11.4 Å². The monoisotopic (exact) mass is 333 g/mol. The number of benzene rings is 1. The molecule has 0 bridgehead atoms. The Balaban J connectivity index is 1.97. The highest BCUT2D eigenvalue weighted by molar-refractivity contribution is 9.10. The molecular weight excluding hydrogens is 314 g/mol. The van der Waals surface area contributed by atoms with Crippen molar-refractivity contribution < 1.29 is 0 Å². The van der Waals surface area contributed by atoms with Crippen molar-refractivity contribution in [2.45, 2.75) is 20.4 Å². The van der Waals surface area contributed by atoms with Gasteiger partial charge in [-0.2, -0.15) is 0 Å². The summed E-state index contributed by atoms with van der Waals surface area (Å²) in [4.78, 5) is 6.50. The quantitative estimate of drug-likeness (QED) is 0.854. The van der Waals surface area contributed by atoms with E-state index in [0.717, 1.165) is 35.4 Å². The first-order chi connectivity index (χ1) is 9.72. The van der Waals surface area contributed by atoms with Gasteiger partial charge in [0, 0.05) is 47.9 Å². The van der Waals surface area contributed by atoms with Gasteiger partial charge in [0.1, 0.15) is 0 Å². The first-order valence-electron chi connectivity index (χ1n) is 6.91. The molecule has 2 rings (SSSR count).